The van der Waals surface area contributed by atoms with Gasteiger partial charge in [0, 0.05) is 0 Å². The molecule has 0 nitrogen and oxygen atoms in total. The van der Waals surface area contributed by atoms with Gasteiger partial charge in [0.25, 0.3) is 0 Å². The minimum Gasteiger partial charge on any atom is -0.152 e. The van der Waals surface area contributed by atoms with Crippen molar-refractivity contribution in [3.63, 3.8) is 0 Å². The van der Waals surface area contributed by atoms with Crippen molar-refractivity contribution < 1.29 is 0 Å². The van der Waals surface area contributed by atoms with Crippen LogP contribution in [0, 0.1) is 0 Å². The molecule has 1 heteroatoms. The summed E-state index contributed by atoms with van der Waals surface area (Å²) in [7, 11) is 0. The van der Waals surface area contributed by atoms with Crippen LogP contribution in [0.1, 0.15) is 11.1 Å². The van der Waals surface area contributed by atoms with Crippen LogP contribution in [-0.4, -0.2) is 0 Å². The Bertz CT molecular complexity index is 470. The van der Waals surface area contributed by atoms with Crippen molar-refractivity contribution in [2.24, 2.45) is 0 Å². The lowest BCUT2D eigenvalue weighted by Gasteiger charge is -2.01. The van der Waals surface area contributed by atoms with E-state index in [4.69, 9.17) is 0 Å². The second-order valence-electron chi connectivity index (χ2n) is 4.26. The molecule has 0 N–H and O–H groups in total. The second kappa shape index (κ2) is 8.28. The van der Waals surface area contributed by atoms with E-state index >= 15 is 0 Å². The maximum atomic E-state index is 2.18. The zero-order valence-electron chi connectivity index (χ0n) is 10.9. The maximum absolute atomic E-state index is 2.18. The zero-order valence-corrected chi connectivity index (χ0v) is 11.7. The first-order chi connectivity index (χ1) is 9.45. The van der Waals surface area contributed by atoms with Gasteiger partial charge in [0.1, 0.15) is 0 Å². The monoisotopic (exact) mass is 266 g/mol. The summed E-state index contributed by atoms with van der Waals surface area (Å²) in [6.45, 7) is 0. The Balaban J connectivity index is 0.000000224. The van der Waals surface area contributed by atoms with Crippen LogP contribution < -0.4 is 0 Å². The van der Waals surface area contributed by atoms with E-state index in [0.717, 1.165) is 12.8 Å². The molecule has 2 aromatic carbocycles. The Morgan fingerprint density at radius 3 is 1.26 bits per heavy atom. The molecule has 0 spiro atoms. The Labute approximate surface area is 119 Å². The van der Waals surface area contributed by atoms with E-state index in [9.17, 15) is 0 Å². The van der Waals surface area contributed by atoms with Crippen LogP contribution in [0.15, 0.2) is 83.6 Å². The molecule has 0 amide bonds. The van der Waals surface area contributed by atoms with E-state index in [-0.39, 0.29) is 0 Å². The Morgan fingerprint density at radius 1 is 0.526 bits per heavy atom. The summed E-state index contributed by atoms with van der Waals surface area (Å²) in [6.07, 6.45) is 2.26. The fourth-order valence-corrected chi connectivity index (χ4v) is 2.26. The molecule has 0 saturated heterocycles. The molecule has 0 atom stereocenters. The first-order valence-corrected chi connectivity index (χ1v) is 7.44. The molecule has 3 aromatic rings. The summed E-state index contributed by atoms with van der Waals surface area (Å²) in [6, 6.07) is 25.3. The molecule has 0 aliphatic carbocycles. The summed E-state index contributed by atoms with van der Waals surface area (Å²) in [5, 5.41) is 4.08. The molecule has 1 heterocycles. The summed E-state index contributed by atoms with van der Waals surface area (Å²) in [5.41, 5.74) is 2.83. The third-order valence-corrected chi connectivity index (χ3v) is 3.44. The van der Waals surface area contributed by atoms with E-state index in [1.807, 2.05) is 22.9 Å². The maximum Gasteiger partial charge on any atom is -0.00934 e. The van der Waals surface area contributed by atoms with Crippen LogP contribution >= 0.6 is 11.3 Å². The molecule has 0 radical (unpaired) electrons. The van der Waals surface area contributed by atoms with Crippen molar-refractivity contribution in [1.29, 1.82) is 0 Å². The van der Waals surface area contributed by atoms with E-state index in [2.05, 4.69) is 60.7 Å². The average molecular weight is 266 g/mol. The molecule has 0 saturated carbocycles. The largest absolute Gasteiger partial charge is 0.152 e. The quantitative estimate of drug-likeness (QED) is 0.609. The van der Waals surface area contributed by atoms with Gasteiger partial charge in [-0.25, -0.2) is 0 Å². The van der Waals surface area contributed by atoms with Crippen molar-refractivity contribution >= 4 is 11.3 Å². The number of hydrogen-bond donors (Lipinski definition) is 0. The summed E-state index contributed by atoms with van der Waals surface area (Å²) >= 11 is 1.71. The van der Waals surface area contributed by atoms with Crippen LogP contribution in [0.25, 0.3) is 0 Å². The van der Waals surface area contributed by atoms with Gasteiger partial charge in [0.2, 0.25) is 0 Å². The lowest BCUT2D eigenvalue weighted by molar-refractivity contribution is 0.960. The van der Waals surface area contributed by atoms with Gasteiger partial charge < -0.3 is 0 Å². The highest BCUT2D eigenvalue weighted by atomic mass is 32.1. The Kier molecular flexibility index (Phi) is 5.91. The molecule has 19 heavy (non-hydrogen) atoms. The minimum absolute atomic E-state index is 1.13. The van der Waals surface area contributed by atoms with Crippen LogP contribution in [0.2, 0.25) is 0 Å². The predicted molar refractivity (Wildman–Crippen MR) is 84.6 cm³/mol. The lowest BCUT2D eigenvalue weighted by Crippen LogP contribution is -1.89. The average Bonchev–Trinajstić information content (AvgIpc) is 3.07. The number of aryl methyl sites for hydroxylation is 2. The highest BCUT2D eigenvalue weighted by molar-refractivity contribution is 7.07. The topological polar surface area (TPSA) is 0 Å². The minimum atomic E-state index is 1.13. The third-order valence-electron chi connectivity index (χ3n) is 2.81. The van der Waals surface area contributed by atoms with Crippen molar-refractivity contribution in [1.82, 2.24) is 0 Å². The van der Waals surface area contributed by atoms with E-state index in [1.54, 1.807) is 11.3 Å². The molecule has 0 aliphatic heterocycles. The molecule has 3 rings (SSSR count). The van der Waals surface area contributed by atoms with Gasteiger partial charge in [0.15, 0.2) is 0 Å². The molecule has 0 bridgehead atoms. The van der Waals surface area contributed by atoms with Gasteiger partial charge in [0.05, 0.1) is 0 Å². The number of benzene rings is 2. The second-order valence-corrected chi connectivity index (χ2v) is 5.08. The molecular weight excluding hydrogens is 248 g/mol. The molecule has 1 aromatic heterocycles. The van der Waals surface area contributed by atoms with E-state index in [1.165, 1.54) is 11.1 Å². The fourth-order valence-electron chi connectivity index (χ4n) is 1.80. The molecule has 96 valence electrons. The smallest absolute Gasteiger partial charge is 0.00934 e. The molecule has 0 unspecified atom stereocenters. The SMILES string of the molecule is c1ccc(CCc2ccccc2)cc1.c1ccsc1. The highest BCUT2D eigenvalue weighted by Gasteiger charge is 1.93. The Hall–Kier alpha value is -1.86. The number of hydrogen-bond acceptors (Lipinski definition) is 1. The standard InChI is InChI=1S/C14H14.C4H4S/c1-3-7-13(8-4-1)11-12-14-9-5-2-6-10-14;1-2-4-5-3-1/h1-10H,11-12H2;1-4H. The molecule has 0 aliphatic rings. The van der Waals surface area contributed by atoms with Crippen molar-refractivity contribution in [3.8, 4) is 0 Å². The van der Waals surface area contributed by atoms with Gasteiger partial charge in [-0.15, -0.1) is 0 Å². The van der Waals surface area contributed by atoms with Gasteiger partial charge in [-0.3, -0.25) is 0 Å². The zero-order chi connectivity index (χ0) is 13.2. The Morgan fingerprint density at radius 2 is 0.947 bits per heavy atom. The summed E-state index contributed by atoms with van der Waals surface area (Å²) in [5.74, 6) is 0. The van der Waals surface area contributed by atoms with Gasteiger partial charge >= 0.3 is 0 Å². The summed E-state index contributed by atoms with van der Waals surface area (Å²) < 4.78 is 0. The van der Waals surface area contributed by atoms with Crippen molar-refractivity contribution in [2.75, 3.05) is 0 Å². The normalized spacial score (nSPS) is 9.47. The van der Waals surface area contributed by atoms with Gasteiger partial charge in [-0.2, -0.15) is 11.3 Å². The van der Waals surface area contributed by atoms with Gasteiger partial charge in [-0.1, -0.05) is 72.8 Å². The summed E-state index contributed by atoms with van der Waals surface area (Å²) in [4.78, 5) is 0. The van der Waals surface area contributed by atoms with Crippen LogP contribution in [0.5, 0.6) is 0 Å². The van der Waals surface area contributed by atoms with Crippen LogP contribution in [-0.2, 0) is 12.8 Å². The van der Waals surface area contributed by atoms with Crippen molar-refractivity contribution in [2.45, 2.75) is 12.8 Å². The first kappa shape index (κ1) is 13.6. The van der Waals surface area contributed by atoms with Crippen LogP contribution in [0.4, 0.5) is 0 Å². The third kappa shape index (κ3) is 5.54. The predicted octanol–water partition coefficient (Wildman–Crippen LogP) is 5.22. The number of thiophene rings is 1. The highest BCUT2D eigenvalue weighted by Crippen LogP contribution is 2.06. The molecular formula is C18H18S. The fraction of sp³-hybridized carbons (Fsp3) is 0.111. The first-order valence-electron chi connectivity index (χ1n) is 6.50. The van der Waals surface area contributed by atoms with Crippen LogP contribution in [0.3, 0.4) is 0 Å². The molecule has 0 fully saturated rings. The lowest BCUT2D eigenvalue weighted by atomic mass is 10.0. The van der Waals surface area contributed by atoms with E-state index < -0.39 is 0 Å². The van der Waals surface area contributed by atoms with Gasteiger partial charge in [-0.05, 0) is 34.7 Å². The van der Waals surface area contributed by atoms with E-state index in [0.29, 0.717) is 0 Å². The van der Waals surface area contributed by atoms with Crippen molar-refractivity contribution in [3.05, 3.63) is 94.7 Å². The number of rotatable bonds is 3.